The van der Waals surface area contributed by atoms with Gasteiger partial charge in [-0.3, -0.25) is 10.1 Å². The number of nitrogens with zero attached hydrogens (tertiary/aromatic N) is 6. The first-order valence-electron chi connectivity index (χ1n) is 7.84. The molecule has 3 aromatic heterocycles. The number of amides is 1. The smallest absolute Gasteiger partial charge is 0.302 e. The molecule has 0 aliphatic heterocycles. The standard InChI is InChI=1S/C18H11N7O2/c19-9-12-5-4-8-14(22-12)15-10-27-18(23-15)24-17(26)16-20-11-21-25(16)13-6-2-1-3-7-13/h1-8,10-11H,(H,23,24,26). The fraction of sp³-hybridized carbons (Fsp3) is 0. The van der Waals surface area contributed by atoms with Crippen molar-refractivity contribution >= 4 is 11.9 Å². The number of carbonyl (C=O) groups is 1. The number of benzene rings is 1. The van der Waals surface area contributed by atoms with Gasteiger partial charge >= 0.3 is 6.01 Å². The van der Waals surface area contributed by atoms with E-state index in [1.807, 2.05) is 36.4 Å². The van der Waals surface area contributed by atoms with Crippen LogP contribution < -0.4 is 5.32 Å². The van der Waals surface area contributed by atoms with E-state index in [1.54, 1.807) is 18.2 Å². The highest BCUT2D eigenvalue weighted by molar-refractivity contribution is 6.00. The number of carbonyl (C=O) groups excluding carboxylic acids is 1. The summed E-state index contributed by atoms with van der Waals surface area (Å²) in [6.07, 6.45) is 2.64. The highest BCUT2D eigenvalue weighted by atomic mass is 16.4. The van der Waals surface area contributed by atoms with Gasteiger partial charge in [0.2, 0.25) is 5.82 Å². The van der Waals surface area contributed by atoms with Crippen LogP contribution in [0.1, 0.15) is 16.3 Å². The van der Waals surface area contributed by atoms with E-state index in [2.05, 4.69) is 25.4 Å². The highest BCUT2D eigenvalue weighted by Crippen LogP contribution is 2.19. The molecule has 9 nitrogen and oxygen atoms in total. The maximum absolute atomic E-state index is 12.5. The van der Waals surface area contributed by atoms with E-state index in [0.717, 1.165) is 0 Å². The van der Waals surface area contributed by atoms with Crippen molar-refractivity contribution in [2.24, 2.45) is 0 Å². The lowest BCUT2D eigenvalue weighted by Gasteiger charge is -2.04. The molecule has 1 N–H and O–H groups in total. The SMILES string of the molecule is N#Cc1cccc(-c2coc(NC(=O)c3ncnn3-c3ccccc3)n2)n1. The molecule has 0 unspecified atom stereocenters. The van der Waals surface area contributed by atoms with E-state index >= 15 is 0 Å². The van der Waals surface area contributed by atoms with Gasteiger partial charge in [-0.2, -0.15) is 15.3 Å². The Labute approximate surface area is 152 Å². The molecule has 0 atom stereocenters. The highest BCUT2D eigenvalue weighted by Gasteiger charge is 2.18. The fourth-order valence-corrected chi connectivity index (χ4v) is 2.40. The zero-order valence-electron chi connectivity index (χ0n) is 13.8. The molecule has 4 rings (SSSR count). The van der Waals surface area contributed by atoms with Gasteiger partial charge in [0.25, 0.3) is 5.91 Å². The van der Waals surface area contributed by atoms with Gasteiger partial charge in [-0.25, -0.2) is 14.6 Å². The van der Waals surface area contributed by atoms with Gasteiger partial charge in [-0.05, 0) is 24.3 Å². The van der Waals surface area contributed by atoms with Crippen LogP contribution in [0.25, 0.3) is 17.1 Å². The summed E-state index contributed by atoms with van der Waals surface area (Å²) in [4.78, 5) is 24.8. The van der Waals surface area contributed by atoms with Crippen molar-refractivity contribution in [1.82, 2.24) is 24.7 Å². The number of pyridine rings is 1. The molecule has 0 radical (unpaired) electrons. The molecule has 0 fully saturated rings. The van der Waals surface area contributed by atoms with E-state index < -0.39 is 5.91 Å². The third-order valence-corrected chi connectivity index (χ3v) is 3.60. The number of rotatable bonds is 4. The predicted octanol–water partition coefficient (Wildman–Crippen LogP) is 2.44. The van der Waals surface area contributed by atoms with Crippen molar-refractivity contribution in [2.45, 2.75) is 0 Å². The molecule has 0 bridgehead atoms. The quantitative estimate of drug-likeness (QED) is 0.595. The number of para-hydroxylation sites is 1. The lowest BCUT2D eigenvalue weighted by molar-refractivity contribution is 0.101. The van der Waals surface area contributed by atoms with Crippen LogP contribution in [0.15, 0.2) is 65.5 Å². The van der Waals surface area contributed by atoms with Crippen molar-refractivity contribution in [3.8, 4) is 23.1 Å². The van der Waals surface area contributed by atoms with E-state index in [4.69, 9.17) is 9.68 Å². The number of aromatic nitrogens is 5. The van der Waals surface area contributed by atoms with Gasteiger partial charge in [0.1, 0.15) is 30.0 Å². The van der Waals surface area contributed by atoms with E-state index in [1.165, 1.54) is 17.3 Å². The average Bonchev–Trinajstić information content (AvgIpc) is 3.38. The molecule has 130 valence electrons. The summed E-state index contributed by atoms with van der Waals surface area (Å²) >= 11 is 0. The molecular formula is C18H11N7O2. The van der Waals surface area contributed by atoms with E-state index in [-0.39, 0.29) is 17.5 Å². The Morgan fingerprint density at radius 2 is 1.93 bits per heavy atom. The molecule has 27 heavy (non-hydrogen) atoms. The number of oxazole rings is 1. The largest absolute Gasteiger partial charge is 0.431 e. The molecule has 0 aliphatic rings. The number of hydrogen-bond acceptors (Lipinski definition) is 7. The molecule has 0 saturated carbocycles. The number of nitrogens with one attached hydrogen (secondary N) is 1. The molecule has 1 aromatic carbocycles. The molecule has 3 heterocycles. The minimum atomic E-state index is -0.525. The van der Waals surface area contributed by atoms with Crippen molar-refractivity contribution in [3.05, 3.63) is 72.6 Å². The molecule has 0 saturated heterocycles. The van der Waals surface area contributed by atoms with Gasteiger partial charge in [0.05, 0.1) is 11.4 Å². The molecule has 0 aliphatic carbocycles. The minimum absolute atomic E-state index is 0.0122. The van der Waals surface area contributed by atoms with Gasteiger partial charge in [-0.15, -0.1) is 0 Å². The van der Waals surface area contributed by atoms with Gasteiger partial charge in [-0.1, -0.05) is 24.3 Å². The minimum Gasteiger partial charge on any atom is -0.431 e. The van der Waals surface area contributed by atoms with Gasteiger partial charge < -0.3 is 4.42 Å². The average molecular weight is 357 g/mol. The van der Waals surface area contributed by atoms with Crippen molar-refractivity contribution < 1.29 is 9.21 Å². The van der Waals surface area contributed by atoms with Crippen LogP contribution in [0.4, 0.5) is 6.01 Å². The number of anilines is 1. The van der Waals surface area contributed by atoms with Crippen LogP contribution in [0.5, 0.6) is 0 Å². The first kappa shape index (κ1) is 16.2. The van der Waals surface area contributed by atoms with Crippen molar-refractivity contribution in [3.63, 3.8) is 0 Å². The maximum atomic E-state index is 12.5. The van der Waals surface area contributed by atoms with Crippen LogP contribution in [-0.4, -0.2) is 30.6 Å². The normalized spacial score (nSPS) is 10.3. The van der Waals surface area contributed by atoms with Crippen LogP contribution >= 0.6 is 0 Å². The van der Waals surface area contributed by atoms with Crippen molar-refractivity contribution in [2.75, 3.05) is 5.32 Å². The first-order valence-corrected chi connectivity index (χ1v) is 7.84. The summed E-state index contributed by atoms with van der Waals surface area (Å²) < 4.78 is 6.70. The Kier molecular flexibility index (Phi) is 4.13. The van der Waals surface area contributed by atoms with Crippen LogP contribution in [-0.2, 0) is 0 Å². The monoisotopic (exact) mass is 357 g/mol. The molecule has 4 aromatic rings. The summed E-state index contributed by atoms with van der Waals surface area (Å²) in [7, 11) is 0. The number of hydrogen-bond donors (Lipinski definition) is 1. The number of nitriles is 1. The zero-order chi connectivity index (χ0) is 18.6. The Hall–Kier alpha value is -4.32. The second-order valence-corrected chi connectivity index (χ2v) is 5.34. The lowest BCUT2D eigenvalue weighted by Crippen LogP contribution is -2.18. The Morgan fingerprint density at radius 3 is 2.74 bits per heavy atom. The lowest BCUT2D eigenvalue weighted by atomic mass is 10.2. The summed E-state index contributed by atoms with van der Waals surface area (Å²) in [6, 6.07) is 16.1. The van der Waals surface area contributed by atoms with E-state index in [0.29, 0.717) is 17.1 Å². The van der Waals surface area contributed by atoms with E-state index in [9.17, 15) is 4.79 Å². The van der Waals surface area contributed by atoms with Gasteiger partial charge in [0, 0.05) is 0 Å². The molecule has 1 amide bonds. The van der Waals surface area contributed by atoms with Gasteiger partial charge in [0.15, 0.2) is 0 Å². The Balaban J connectivity index is 1.56. The molecule has 9 heteroatoms. The Morgan fingerprint density at radius 1 is 1.07 bits per heavy atom. The fourth-order valence-electron chi connectivity index (χ4n) is 2.40. The van der Waals surface area contributed by atoms with Crippen LogP contribution in [0.2, 0.25) is 0 Å². The maximum Gasteiger partial charge on any atom is 0.302 e. The third-order valence-electron chi connectivity index (χ3n) is 3.60. The second kappa shape index (κ2) is 6.89. The Bertz CT molecular complexity index is 1140. The summed E-state index contributed by atoms with van der Waals surface area (Å²) in [5.74, 6) is -0.436. The second-order valence-electron chi connectivity index (χ2n) is 5.34. The third kappa shape index (κ3) is 3.27. The van der Waals surface area contributed by atoms with Crippen molar-refractivity contribution in [1.29, 1.82) is 5.26 Å². The zero-order valence-corrected chi connectivity index (χ0v) is 13.8. The summed E-state index contributed by atoms with van der Waals surface area (Å²) in [6.45, 7) is 0. The summed E-state index contributed by atoms with van der Waals surface area (Å²) in [5.41, 5.74) is 1.82. The first-order chi connectivity index (χ1) is 13.2. The molecular weight excluding hydrogens is 346 g/mol. The van der Waals surface area contributed by atoms with Crippen LogP contribution in [0.3, 0.4) is 0 Å². The predicted molar refractivity (Wildman–Crippen MR) is 93.8 cm³/mol. The topological polar surface area (TPSA) is 123 Å². The summed E-state index contributed by atoms with van der Waals surface area (Å²) in [5, 5.41) is 15.5. The van der Waals surface area contributed by atoms with Crippen LogP contribution in [0, 0.1) is 11.3 Å². The molecule has 0 spiro atoms.